The van der Waals surface area contributed by atoms with Gasteiger partial charge >= 0.3 is 5.97 Å². The van der Waals surface area contributed by atoms with E-state index < -0.39 is 17.1 Å². The van der Waals surface area contributed by atoms with Crippen LogP contribution in [0.4, 0.5) is 0 Å². The van der Waals surface area contributed by atoms with E-state index in [9.17, 15) is 9.90 Å². The Labute approximate surface area is 225 Å². The van der Waals surface area contributed by atoms with Crippen molar-refractivity contribution in [3.63, 3.8) is 0 Å². The Hall–Kier alpha value is -1.26. The van der Waals surface area contributed by atoms with Crippen LogP contribution in [0.3, 0.4) is 0 Å². The first kappa shape index (κ1) is 31.0. The average Bonchev–Trinajstić information content (AvgIpc) is 2.78. The highest BCUT2D eigenvalue weighted by molar-refractivity contribution is 6.22. The quantitative estimate of drug-likeness (QED) is 0.160. The first-order valence-corrected chi connectivity index (χ1v) is 14.5. The molecule has 1 aromatic carbocycles. The molecule has 1 N–H and O–H groups in total. The van der Waals surface area contributed by atoms with E-state index in [0.29, 0.717) is 23.0 Å². The summed E-state index contributed by atoms with van der Waals surface area (Å²) in [5, 5.41) is 10.7. The number of hydrogen-bond donors (Lipinski definition) is 1. The molecule has 0 amide bonds. The van der Waals surface area contributed by atoms with Crippen LogP contribution >= 0.6 is 11.6 Å². The summed E-state index contributed by atoms with van der Waals surface area (Å²) in [6.45, 7) is 18.5. The van der Waals surface area contributed by atoms with Crippen molar-refractivity contribution in [1.82, 2.24) is 0 Å². The minimum Gasteiger partial charge on any atom is -0.485 e. The van der Waals surface area contributed by atoms with Crippen LogP contribution in [0.5, 0.6) is 11.5 Å². The third-order valence-electron chi connectivity index (χ3n) is 8.21. The monoisotopic (exact) mass is 522 g/mol. The Balaban J connectivity index is 1.95. The van der Waals surface area contributed by atoms with Crippen molar-refractivity contribution in [3.8, 4) is 11.5 Å². The number of carbonyl (C=O) groups is 1. The first-order chi connectivity index (χ1) is 16.8. The zero-order chi connectivity index (χ0) is 27.2. The molecular weight excluding hydrogens is 472 g/mol. The summed E-state index contributed by atoms with van der Waals surface area (Å²) in [6.07, 6.45) is 9.97. The average molecular weight is 523 g/mol. The molecule has 2 rings (SSSR count). The maximum Gasteiger partial charge on any atom is 0.308 e. The number of hydrogen-bond acceptors (Lipinski definition) is 4. The standard InChI is InChI=1S/C31H51ClO4/c1-19(2)13-10-14-20(3)15-11-16-21(4)17-12-18-31(9)30(32)27(34)26-24(7)28(35-25(8)33)22(5)23(6)29(26)36-31/h19-21,27,30,34H,10-18H2,1-9H3. The molecule has 0 radical (unpaired) electrons. The number of esters is 1. The molecule has 1 aliphatic rings. The van der Waals surface area contributed by atoms with Gasteiger partial charge in [-0.1, -0.05) is 72.6 Å². The van der Waals surface area contributed by atoms with Crippen LogP contribution in [0.15, 0.2) is 0 Å². The van der Waals surface area contributed by atoms with E-state index in [0.717, 1.165) is 47.8 Å². The molecule has 0 spiro atoms. The lowest BCUT2D eigenvalue weighted by Crippen LogP contribution is -2.48. The first-order valence-electron chi connectivity index (χ1n) is 14.1. The molecule has 4 nitrogen and oxygen atoms in total. The van der Waals surface area contributed by atoms with E-state index in [-0.39, 0.29) is 5.97 Å². The van der Waals surface area contributed by atoms with E-state index in [4.69, 9.17) is 21.1 Å². The zero-order valence-corrected chi connectivity index (χ0v) is 25.1. The molecule has 206 valence electrons. The van der Waals surface area contributed by atoms with Gasteiger partial charge in [0.05, 0.1) is 0 Å². The number of carbonyl (C=O) groups excluding carboxylic acids is 1. The number of ether oxygens (including phenoxy) is 2. The van der Waals surface area contributed by atoms with Crippen LogP contribution in [0.1, 0.15) is 128 Å². The summed E-state index contributed by atoms with van der Waals surface area (Å²) >= 11 is 6.84. The van der Waals surface area contributed by atoms with E-state index >= 15 is 0 Å². The van der Waals surface area contributed by atoms with Gasteiger partial charge < -0.3 is 14.6 Å². The number of halogens is 1. The van der Waals surface area contributed by atoms with Crippen LogP contribution in [0, 0.1) is 38.5 Å². The molecule has 0 saturated heterocycles. The summed E-state index contributed by atoms with van der Waals surface area (Å²) in [4.78, 5) is 11.6. The van der Waals surface area contributed by atoms with Crippen LogP contribution in [-0.4, -0.2) is 22.1 Å². The second-order valence-corrected chi connectivity index (χ2v) is 12.6. The van der Waals surface area contributed by atoms with Crippen molar-refractivity contribution in [3.05, 3.63) is 22.3 Å². The van der Waals surface area contributed by atoms with Gasteiger partial charge in [-0.3, -0.25) is 4.79 Å². The zero-order valence-electron chi connectivity index (χ0n) is 24.3. The maximum absolute atomic E-state index is 11.6. The van der Waals surface area contributed by atoms with E-state index in [2.05, 4.69) is 27.7 Å². The molecule has 5 heteroatoms. The fourth-order valence-electron chi connectivity index (χ4n) is 5.64. The lowest BCUT2D eigenvalue weighted by molar-refractivity contribution is -0.132. The lowest BCUT2D eigenvalue weighted by atomic mass is 9.81. The predicted octanol–water partition coefficient (Wildman–Crippen LogP) is 8.77. The van der Waals surface area contributed by atoms with Gasteiger partial charge in [-0.25, -0.2) is 0 Å². The summed E-state index contributed by atoms with van der Waals surface area (Å²) in [6, 6.07) is 0. The third-order valence-corrected chi connectivity index (χ3v) is 8.91. The third kappa shape index (κ3) is 7.87. The van der Waals surface area contributed by atoms with Crippen molar-refractivity contribution in [2.45, 2.75) is 137 Å². The Morgan fingerprint density at radius 2 is 1.47 bits per heavy atom. The van der Waals surface area contributed by atoms with Crippen LogP contribution < -0.4 is 9.47 Å². The highest BCUT2D eigenvalue weighted by Crippen LogP contribution is 2.50. The molecule has 1 heterocycles. The van der Waals surface area contributed by atoms with Gasteiger partial charge in [-0.05, 0) is 69.4 Å². The number of rotatable bonds is 13. The number of alkyl halides is 1. The summed E-state index contributed by atoms with van der Waals surface area (Å²) in [5.74, 6) is 3.10. The molecule has 5 atom stereocenters. The second kappa shape index (κ2) is 13.5. The lowest BCUT2D eigenvalue weighted by Gasteiger charge is -2.44. The topological polar surface area (TPSA) is 55.8 Å². The van der Waals surface area contributed by atoms with Gasteiger partial charge in [0.15, 0.2) is 0 Å². The summed E-state index contributed by atoms with van der Waals surface area (Å²) < 4.78 is 12.0. The maximum atomic E-state index is 11.6. The van der Waals surface area contributed by atoms with Crippen molar-refractivity contribution >= 4 is 17.6 Å². The van der Waals surface area contributed by atoms with Gasteiger partial charge in [0, 0.05) is 18.1 Å². The second-order valence-electron chi connectivity index (χ2n) is 12.2. The minimum absolute atomic E-state index is 0.381. The van der Waals surface area contributed by atoms with Gasteiger partial charge in [-0.15, -0.1) is 11.6 Å². The normalized spacial score (nSPS) is 23.2. The molecule has 0 aromatic heterocycles. The Morgan fingerprint density at radius 3 is 2.00 bits per heavy atom. The van der Waals surface area contributed by atoms with Crippen molar-refractivity contribution < 1.29 is 19.4 Å². The van der Waals surface area contributed by atoms with Crippen LogP contribution in [-0.2, 0) is 4.79 Å². The summed E-state index contributed by atoms with van der Waals surface area (Å²) in [7, 11) is 0. The molecule has 5 unspecified atom stereocenters. The Morgan fingerprint density at radius 1 is 0.944 bits per heavy atom. The molecule has 0 bridgehead atoms. The van der Waals surface area contributed by atoms with Crippen molar-refractivity contribution in [2.75, 3.05) is 0 Å². The van der Waals surface area contributed by atoms with E-state index in [1.54, 1.807) is 0 Å². The fourth-order valence-corrected chi connectivity index (χ4v) is 5.92. The van der Waals surface area contributed by atoms with Crippen molar-refractivity contribution in [2.24, 2.45) is 17.8 Å². The highest BCUT2D eigenvalue weighted by atomic mass is 35.5. The largest absolute Gasteiger partial charge is 0.485 e. The Bertz CT molecular complexity index is 880. The molecule has 0 saturated carbocycles. The Kier molecular flexibility index (Phi) is 11.6. The van der Waals surface area contributed by atoms with Gasteiger partial charge in [-0.2, -0.15) is 0 Å². The predicted molar refractivity (Wildman–Crippen MR) is 150 cm³/mol. The SMILES string of the molecule is CC(=O)Oc1c(C)c(C)c2c(c1C)C(O)C(Cl)C(C)(CCCC(C)CCCC(C)CCCC(C)C)O2. The number of benzene rings is 1. The summed E-state index contributed by atoms with van der Waals surface area (Å²) in [5.41, 5.74) is 2.44. The van der Waals surface area contributed by atoms with Crippen LogP contribution in [0.2, 0.25) is 0 Å². The van der Waals surface area contributed by atoms with Gasteiger partial charge in [0.2, 0.25) is 0 Å². The van der Waals surface area contributed by atoms with Gasteiger partial charge in [0.1, 0.15) is 28.6 Å². The smallest absolute Gasteiger partial charge is 0.308 e. The fraction of sp³-hybridized carbons (Fsp3) is 0.774. The van der Waals surface area contributed by atoms with Gasteiger partial charge in [0.25, 0.3) is 0 Å². The number of aliphatic hydroxyl groups excluding tert-OH is 1. The molecule has 0 fully saturated rings. The van der Waals surface area contributed by atoms with E-state index in [1.165, 1.54) is 45.4 Å². The van der Waals surface area contributed by atoms with Crippen LogP contribution in [0.25, 0.3) is 0 Å². The molecule has 36 heavy (non-hydrogen) atoms. The molecule has 1 aliphatic heterocycles. The molecule has 0 aliphatic carbocycles. The van der Waals surface area contributed by atoms with Crippen molar-refractivity contribution in [1.29, 1.82) is 0 Å². The number of aliphatic hydroxyl groups is 1. The van der Waals surface area contributed by atoms with E-state index in [1.807, 2.05) is 27.7 Å². The molecule has 1 aromatic rings. The molecular formula is C31H51ClO4. The minimum atomic E-state index is -0.886. The highest BCUT2D eigenvalue weighted by Gasteiger charge is 2.47. The number of fused-ring (bicyclic) bond motifs is 1.